The number of rotatable bonds is 16. The fourth-order valence-corrected chi connectivity index (χ4v) is 5.76. The van der Waals surface area contributed by atoms with Gasteiger partial charge in [-0.2, -0.15) is 0 Å². The monoisotopic (exact) mass is 548 g/mol. The molecule has 3 rings (SSSR count). The molecule has 0 aromatic heterocycles. The minimum absolute atomic E-state index is 0.145. The number of benzene rings is 2. The molecule has 1 heterocycles. The number of ether oxygens (including phenoxy) is 2. The molecule has 0 amide bonds. The van der Waals surface area contributed by atoms with Crippen LogP contribution in [0, 0.1) is 0 Å². The maximum absolute atomic E-state index is 9.86. The van der Waals surface area contributed by atoms with Gasteiger partial charge in [0.25, 0.3) is 0 Å². The van der Waals surface area contributed by atoms with Crippen molar-refractivity contribution in [3.05, 3.63) is 57.1 Å². The highest BCUT2D eigenvalue weighted by Crippen LogP contribution is 2.38. The molecule has 0 fully saturated rings. The lowest BCUT2D eigenvalue weighted by atomic mass is 9.84. The molecule has 0 saturated heterocycles. The van der Waals surface area contributed by atoms with Crippen LogP contribution in [0.2, 0.25) is 10.0 Å². The largest absolute Gasteiger partial charge is 0.493 e. The van der Waals surface area contributed by atoms with E-state index in [4.69, 9.17) is 32.7 Å². The highest BCUT2D eigenvalue weighted by molar-refractivity contribution is 6.42. The SMILES string of the molecule is CCCCCCCCCCCC1=[N+](Cc2ccc(Cl)c(Cl)c2)CC(CCO)c2cc(OC)c(OC)cc21. The second-order valence-corrected chi connectivity index (χ2v) is 11.0. The summed E-state index contributed by atoms with van der Waals surface area (Å²) >= 11 is 12.5. The Balaban J connectivity index is 1.86. The summed E-state index contributed by atoms with van der Waals surface area (Å²) in [7, 11) is 3.36. The highest BCUT2D eigenvalue weighted by Gasteiger charge is 2.34. The van der Waals surface area contributed by atoms with E-state index in [0.29, 0.717) is 16.5 Å². The van der Waals surface area contributed by atoms with Crippen LogP contribution in [0.1, 0.15) is 100 Å². The van der Waals surface area contributed by atoms with E-state index in [1.54, 1.807) is 14.2 Å². The summed E-state index contributed by atoms with van der Waals surface area (Å²) in [6, 6.07) is 10.1. The molecule has 204 valence electrons. The van der Waals surface area contributed by atoms with Gasteiger partial charge in [-0.25, -0.2) is 4.58 Å². The molecule has 0 saturated carbocycles. The van der Waals surface area contributed by atoms with Crippen molar-refractivity contribution in [2.75, 3.05) is 27.4 Å². The Morgan fingerprint density at radius 1 is 0.865 bits per heavy atom. The van der Waals surface area contributed by atoms with E-state index in [0.717, 1.165) is 43.0 Å². The van der Waals surface area contributed by atoms with Gasteiger partial charge in [0.05, 0.1) is 24.3 Å². The topological polar surface area (TPSA) is 41.7 Å². The third-order valence-electron chi connectivity index (χ3n) is 7.48. The molecule has 1 N–H and O–H groups in total. The molecule has 0 spiro atoms. The number of unbranched alkanes of at least 4 members (excludes halogenated alkanes) is 8. The lowest BCUT2D eigenvalue weighted by Crippen LogP contribution is -2.33. The van der Waals surface area contributed by atoms with Crippen LogP contribution in [0.15, 0.2) is 30.3 Å². The van der Waals surface area contributed by atoms with Gasteiger partial charge in [-0.1, -0.05) is 87.6 Å². The molecule has 1 unspecified atom stereocenters. The van der Waals surface area contributed by atoms with Crippen LogP contribution in [-0.4, -0.2) is 42.8 Å². The fraction of sp³-hybridized carbons (Fsp3) is 0.581. The Labute approximate surface area is 233 Å². The Bertz CT molecular complexity index is 1040. The van der Waals surface area contributed by atoms with E-state index in [-0.39, 0.29) is 12.5 Å². The lowest BCUT2D eigenvalue weighted by molar-refractivity contribution is -0.549. The molecule has 1 atom stereocenters. The van der Waals surface area contributed by atoms with Crippen molar-refractivity contribution in [2.24, 2.45) is 0 Å². The summed E-state index contributed by atoms with van der Waals surface area (Å²) in [5.41, 5.74) is 4.91. The van der Waals surface area contributed by atoms with Crippen LogP contribution in [0.4, 0.5) is 0 Å². The van der Waals surface area contributed by atoms with Gasteiger partial charge in [-0.15, -0.1) is 0 Å². The smallest absolute Gasteiger partial charge is 0.184 e. The Morgan fingerprint density at radius 2 is 1.51 bits per heavy atom. The first-order valence-corrected chi connectivity index (χ1v) is 14.7. The predicted molar refractivity (Wildman–Crippen MR) is 155 cm³/mol. The number of methoxy groups -OCH3 is 2. The first-order chi connectivity index (χ1) is 18.0. The average Bonchev–Trinajstić information content (AvgIpc) is 2.90. The van der Waals surface area contributed by atoms with Gasteiger partial charge in [0, 0.05) is 30.1 Å². The summed E-state index contributed by atoms with van der Waals surface area (Å²) in [5.74, 6) is 1.68. The van der Waals surface area contributed by atoms with Crippen LogP contribution < -0.4 is 9.47 Å². The van der Waals surface area contributed by atoms with Gasteiger partial charge < -0.3 is 14.6 Å². The summed E-state index contributed by atoms with van der Waals surface area (Å²) in [6.07, 6.45) is 13.5. The highest BCUT2D eigenvalue weighted by atomic mass is 35.5. The van der Waals surface area contributed by atoms with E-state index in [1.165, 1.54) is 68.2 Å². The van der Waals surface area contributed by atoms with Crippen molar-refractivity contribution in [3.63, 3.8) is 0 Å². The number of hydrogen-bond acceptors (Lipinski definition) is 3. The molecular weight excluding hydrogens is 505 g/mol. The van der Waals surface area contributed by atoms with Crippen molar-refractivity contribution in [1.29, 1.82) is 0 Å². The normalized spacial score (nSPS) is 15.1. The van der Waals surface area contributed by atoms with E-state index in [9.17, 15) is 5.11 Å². The van der Waals surface area contributed by atoms with Crippen molar-refractivity contribution in [1.82, 2.24) is 0 Å². The molecule has 0 aliphatic carbocycles. The number of nitrogens with zero attached hydrogens (tertiary/aromatic N) is 1. The van der Waals surface area contributed by atoms with Crippen LogP contribution in [0.25, 0.3) is 0 Å². The maximum atomic E-state index is 9.86. The summed E-state index contributed by atoms with van der Waals surface area (Å²) in [4.78, 5) is 0. The maximum Gasteiger partial charge on any atom is 0.184 e. The number of halogens is 2. The Kier molecular flexibility index (Phi) is 12.6. The second-order valence-electron chi connectivity index (χ2n) is 10.2. The number of fused-ring (bicyclic) bond motifs is 1. The first-order valence-electron chi connectivity index (χ1n) is 13.9. The third-order valence-corrected chi connectivity index (χ3v) is 8.22. The van der Waals surface area contributed by atoms with Crippen LogP contribution >= 0.6 is 23.2 Å². The van der Waals surface area contributed by atoms with Crippen molar-refractivity contribution in [3.8, 4) is 11.5 Å². The van der Waals surface area contributed by atoms with Gasteiger partial charge in [0.1, 0.15) is 6.54 Å². The quantitative estimate of drug-likeness (QED) is 0.169. The van der Waals surface area contributed by atoms with Crippen LogP contribution in [0.3, 0.4) is 0 Å². The minimum Gasteiger partial charge on any atom is -0.493 e. The third kappa shape index (κ3) is 8.37. The van der Waals surface area contributed by atoms with Crippen molar-refractivity contribution < 1.29 is 19.2 Å². The summed E-state index contributed by atoms with van der Waals surface area (Å²) in [6.45, 7) is 4.01. The fourth-order valence-electron chi connectivity index (χ4n) is 5.44. The van der Waals surface area contributed by atoms with Crippen LogP contribution in [-0.2, 0) is 6.54 Å². The van der Waals surface area contributed by atoms with Crippen LogP contribution in [0.5, 0.6) is 11.5 Å². The van der Waals surface area contributed by atoms with E-state index in [1.807, 2.05) is 12.1 Å². The molecule has 0 radical (unpaired) electrons. The van der Waals surface area contributed by atoms with Gasteiger partial charge >= 0.3 is 0 Å². The van der Waals surface area contributed by atoms with Crippen molar-refractivity contribution in [2.45, 2.75) is 90.0 Å². The number of aliphatic hydroxyl groups excluding tert-OH is 1. The second kappa shape index (κ2) is 15.6. The van der Waals surface area contributed by atoms with Crippen molar-refractivity contribution >= 4 is 28.9 Å². The standard InChI is InChI=1S/C31H44Cl2NO3/c1-4-5-6-7-8-9-10-11-12-13-29-26-20-31(37-3)30(36-2)19-25(26)24(16-17-35)22-34(29)21-23-14-15-27(32)28(33)18-23/h14-15,18-20,24,35H,4-13,16-17,21-22H2,1-3H3/q+1. The first kappa shape index (κ1) is 29.8. The zero-order valence-electron chi connectivity index (χ0n) is 22.8. The molecule has 1 aliphatic heterocycles. The Morgan fingerprint density at radius 3 is 2.14 bits per heavy atom. The Hall–Kier alpha value is -1.75. The zero-order valence-corrected chi connectivity index (χ0v) is 24.3. The molecule has 2 aromatic carbocycles. The summed E-state index contributed by atoms with van der Waals surface area (Å²) < 4.78 is 13.8. The lowest BCUT2D eigenvalue weighted by Gasteiger charge is -2.27. The molecule has 0 bridgehead atoms. The minimum atomic E-state index is 0.145. The predicted octanol–water partition coefficient (Wildman–Crippen LogP) is 8.41. The van der Waals surface area contributed by atoms with Gasteiger partial charge in [-0.3, -0.25) is 0 Å². The van der Waals surface area contributed by atoms with E-state index < -0.39 is 0 Å². The zero-order chi connectivity index (χ0) is 26.6. The molecule has 1 aliphatic rings. The number of aliphatic hydroxyl groups is 1. The average molecular weight is 550 g/mol. The molecule has 37 heavy (non-hydrogen) atoms. The molecule has 4 nitrogen and oxygen atoms in total. The molecule has 6 heteroatoms. The molecule has 2 aromatic rings. The number of hydrogen-bond donors (Lipinski definition) is 1. The van der Waals surface area contributed by atoms with Gasteiger partial charge in [0.2, 0.25) is 0 Å². The van der Waals surface area contributed by atoms with E-state index >= 15 is 0 Å². The van der Waals surface area contributed by atoms with Gasteiger partial charge in [-0.05, 0) is 42.7 Å². The molecular formula is C31H44Cl2NO3+. The summed E-state index contributed by atoms with van der Waals surface area (Å²) in [5, 5.41) is 11.0. The van der Waals surface area contributed by atoms with Gasteiger partial charge in [0.15, 0.2) is 23.8 Å². The van der Waals surface area contributed by atoms with E-state index in [2.05, 4.69) is 29.7 Å².